The van der Waals surface area contributed by atoms with Crippen molar-refractivity contribution in [3.05, 3.63) is 18.2 Å². The van der Waals surface area contributed by atoms with E-state index in [1.807, 2.05) is 12.5 Å². The summed E-state index contributed by atoms with van der Waals surface area (Å²) in [6.45, 7) is 13.2. The first-order valence-electron chi connectivity index (χ1n) is 8.83. The number of nitrogens with zero attached hydrogens (tertiary/aromatic N) is 5. The highest BCUT2D eigenvalue weighted by molar-refractivity contribution is 5.13. The second-order valence-electron chi connectivity index (χ2n) is 7.81. The van der Waals surface area contributed by atoms with Crippen LogP contribution in [0.25, 0.3) is 0 Å². The highest BCUT2D eigenvalue weighted by atomic mass is 16.5. The predicted octanol–water partition coefficient (Wildman–Crippen LogP) is 0.399. The highest BCUT2D eigenvalue weighted by Crippen LogP contribution is 2.36. The summed E-state index contributed by atoms with van der Waals surface area (Å²) in [5.74, 6) is 0. The highest BCUT2D eigenvalue weighted by Gasteiger charge is 2.54. The molecule has 128 valence electrons. The third kappa shape index (κ3) is 2.71. The lowest BCUT2D eigenvalue weighted by Crippen LogP contribution is -2.80. The van der Waals surface area contributed by atoms with Gasteiger partial charge < -0.3 is 9.30 Å². The van der Waals surface area contributed by atoms with Crippen molar-refractivity contribution in [2.24, 2.45) is 7.05 Å². The lowest BCUT2D eigenvalue weighted by Gasteiger charge is -2.64. The van der Waals surface area contributed by atoms with Crippen molar-refractivity contribution in [3.63, 3.8) is 0 Å². The molecular weight excluding hydrogens is 290 g/mol. The summed E-state index contributed by atoms with van der Waals surface area (Å²) < 4.78 is 7.89. The van der Waals surface area contributed by atoms with Crippen molar-refractivity contribution >= 4 is 0 Å². The molecule has 1 aromatic heterocycles. The summed E-state index contributed by atoms with van der Waals surface area (Å²) in [7, 11) is 2.08. The zero-order valence-electron chi connectivity index (χ0n) is 14.6. The van der Waals surface area contributed by atoms with E-state index in [0.717, 1.165) is 45.9 Å². The average molecular weight is 319 g/mol. The summed E-state index contributed by atoms with van der Waals surface area (Å²) >= 11 is 0. The van der Waals surface area contributed by atoms with Crippen molar-refractivity contribution in [1.29, 1.82) is 0 Å². The Bertz CT molecular complexity index is 551. The Kier molecular flexibility index (Phi) is 3.96. The van der Waals surface area contributed by atoms with E-state index in [1.54, 1.807) is 0 Å². The molecule has 23 heavy (non-hydrogen) atoms. The van der Waals surface area contributed by atoms with Crippen molar-refractivity contribution in [1.82, 2.24) is 24.3 Å². The number of aryl methyl sites for hydroxylation is 1. The van der Waals surface area contributed by atoms with E-state index in [-0.39, 0.29) is 0 Å². The SMILES string of the molecule is CC(C)N1CC2COCCN2C2(CN(Cc3cncn3C)C2)C1. The molecule has 0 aliphatic carbocycles. The summed E-state index contributed by atoms with van der Waals surface area (Å²) in [6.07, 6.45) is 3.88. The molecule has 0 radical (unpaired) electrons. The minimum Gasteiger partial charge on any atom is -0.378 e. The van der Waals surface area contributed by atoms with E-state index in [2.05, 4.69) is 45.1 Å². The van der Waals surface area contributed by atoms with Crippen LogP contribution in [0.1, 0.15) is 19.5 Å². The van der Waals surface area contributed by atoms with Crippen LogP contribution in [0.2, 0.25) is 0 Å². The lowest BCUT2D eigenvalue weighted by molar-refractivity contribution is -0.171. The van der Waals surface area contributed by atoms with E-state index in [1.165, 1.54) is 12.2 Å². The van der Waals surface area contributed by atoms with Crippen LogP contribution in [-0.4, -0.2) is 87.8 Å². The second kappa shape index (κ2) is 5.84. The van der Waals surface area contributed by atoms with Crippen LogP contribution < -0.4 is 0 Å². The van der Waals surface area contributed by atoms with Gasteiger partial charge in [-0.1, -0.05) is 0 Å². The third-order valence-corrected chi connectivity index (χ3v) is 5.85. The molecule has 3 aliphatic rings. The minimum absolute atomic E-state index is 0.329. The zero-order valence-corrected chi connectivity index (χ0v) is 14.6. The first kappa shape index (κ1) is 15.6. The van der Waals surface area contributed by atoms with Crippen molar-refractivity contribution in [3.8, 4) is 0 Å². The molecule has 0 bridgehead atoms. The summed E-state index contributed by atoms with van der Waals surface area (Å²) in [5, 5.41) is 0. The van der Waals surface area contributed by atoms with Crippen LogP contribution in [0.4, 0.5) is 0 Å². The molecule has 1 spiro atoms. The standard InChI is InChI=1S/C17H29N5O/c1-14(2)21-8-16-9-23-5-4-22(16)17(12-21)10-20(11-17)7-15-6-18-13-19(15)3/h6,13-14,16H,4-5,7-12H2,1-3H3. The van der Waals surface area contributed by atoms with Gasteiger partial charge >= 0.3 is 0 Å². The molecule has 3 aliphatic heterocycles. The number of morpholine rings is 1. The van der Waals surface area contributed by atoms with Gasteiger partial charge in [-0.15, -0.1) is 0 Å². The Hall–Kier alpha value is -0.950. The van der Waals surface area contributed by atoms with Gasteiger partial charge in [0.25, 0.3) is 0 Å². The molecule has 3 saturated heterocycles. The van der Waals surface area contributed by atoms with Crippen LogP contribution in [-0.2, 0) is 18.3 Å². The number of fused-ring (bicyclic) bond motifs is 2. The molecule has 0 aromatic carbocycles. The van der Waals surface area contributed by atoms with Crippen LogP contribution in [0.15, 0.2) is 12.5 Å². The smallest absolute Gasteiger partial charge is 0.0945 e. The number of piperazine rings is 1. The van der Waals surface area contributed by atoms with Crippen LogP contribution in [0.3, 0.4) is 0 Å². The van der Waals surface area contributed by atoms with Gasteiger partial charge in [0.05, 0.1) is 30.8 Å². The molecule has 3 fully saturated rings. The van der Waals surface area contributed by atoms with E-state index < -0.39 is 0 Å². The quantitative estimate of drug-likeness (QED) is 0.806. The molecule has 0 saturated carbocycles. The molecule has 6 nitrogen and oxygen atoms in total. The molecular formula is C17H29N5O. The Balaban J connectivity index is 1.47. The number of rotatable bonds is 3. The van der Waals surface area contributed by atoms with Gasteiger partial charge in [0.2, 0.25) is 0 Å². The molecule has 4 heterocycles. The fraction of sp³-hybridized carbons (Fsp3) is 0.824. The fourth-order valence-electron chi connectivity index (χ4n) is 4.57. The maximum absolute atomic E-state index is 5.76. The van der Waals surface area contributed by atoms with Crippen LogP contribution in [0.5, 0.6) is 0 Å². The summed E-state index contributed by atoms with van der Waals surface area (Å²) in [4.78, 5) is 12.2. The number of imidazole rings is 1. The maximum Gasteiger partial charge on any atom is 0.0945 e. The number of aromatic nitrogens is 2. The zero-order chi connectivity index (χ0) is 16.0. The second-order valence-corrected chi connectivity index (χ2v) is 7.81. The van der Waals surface area contributed by atoms with Crippen molar-refractivity contribution < 1.29 is 4.74 Å². The van der Waals surface area contributed by atoms with E-state index >= 15 is 0 Å². The molecule has 1 atom stereocenters. The molecule has 6 heteroatoms. The largest absolute Gasteiger partial charge is 0.378 e. The number of ether oxygens (including phenoxy) is 1. The van der Waals surface area contributed by atoms with Gasteiger partial charge in [0, 0.05) is 64.6 Å². The Labute approximate surface area is 139 Å². The summed E-state index contributed by atoms with van der Waals surface area (Å²) in [5.41, 5.74) is 1.63. The Morgan fingerprint density at radius 2 is 2.17 bits per heavy atom. The first-order chi connectivity index (χ1) is 11.1. The summed E-state index contributed by atoms with van der Waals surface area (Å²) in [6, 6.07) is 1.18. The maximum atomic E-state index is 5.76. The van der Waals surface area contributed by atoms with Crippen molar-refractivity contribution in [2.45, 2.75) is 38.0 Å². The van der Waals surface area contributed by atoms with E-state index in [0.29, 0.717) is 17.6 Å². The van der Waals surface area contributed by atoms with E-state index in [4.69, 9.17) is 4.74 Å². The van der Waals surface area contributed by atoms with Crippen molar-refractivity contribution in [2.75, 3.05) is 45.9 Å². The van der Waals surface area contributed by atoms with Crippen LogP contribution >= 0.6 is 0 Å². The number of hydrogen-bond donors (Lipinski definition) is 0. The molecule has 0 amide bonds. The number of hydrogen-bond acceptors (Lipinski definition) is 5. The molecule has 0 N–H and O–H groups in total. The molecule has 1 aromatic rings. The van der Waals surface area contributed by atoms with Gasteiger partial charge in [-0.05, 0) is 13.8 Å². The predicted molar refractivity (Wildman–Crippen MR) is 89.2 cm³/mol. The Morgan fingerprint density at radius 1 is 1.35 bits per heavy atom. The minimum atomic E-state index is 0.329. The number of likely N-dealkylation sites (tertiary alicyclic amines) is 1. The van der Waals surface area contributed by atoms with Crippen LogP contribution in [0, 0.1) is 0 Å². The average Bonchev–Trinajstić information content (AvgIpc) is 2.90. The van der Waals surface area contributed by atoms with E-state index in [9.17, 15) is 0 Å². The van der Waals surface area contributed by atoms with Gasteiger partial charge in [0.1, 0.15) is 0 Å². The lowest BCUT2D eigenvalue weighted by atomic mass is 9.82. The molecule has 4 rings (SSSR count). The van der Waals surface area contributed by atoms with Gasteiger partial charge in [-0.2, -0.15) is 0 Å². The van der Waals surface area contributed by atoms with Gasteiger partial charge in [-0.25, -0.2) is 4.98 Å². The first-order valence-corrected chi connectivity index (χ1v) is 8.83. The van der Waals surface area contributed by atoms with Gasteiger partial charge in [-0.3, -0.25) is 14.7 Å². The fourth-order valence-corrected chi connectivity index (χ4v) is 4.57. The monoisotopic (exact) mass is 319 g/mol. The Morgan fingerprint density at radius 3 is 2.87 bits per heavy atom. The topological polar surface area (TPSA) is 36.8 Å². The van der Waals surface area contributed by atoms with Gasteiger partial charge in [0.15, 0.2) is 0 Å². The third-order valence-electron chi connectivity index (χ3n) is 5.85. The normalized spacial score (nSPS) is 29.0. The molecule has 1 unspecified atom stereocenters.